The first-order valence-corrected chi connectivity index (χ1v) is 8.86. The Hall–Kier alpha value is -3.32. The highest BCUT2D eigenvalue weighted by Crippen LogP contribution is 2.29. The maximum atomic E-state index is 12.2. The summed E-state index contributed by atoms with van der Waals surface area (Å²) >= 11 is 1.60. The fraction of sp³-hybridized carbons (Fsp3) is 0.0526. The van der Waals surface area contributed by atoms with Crippen molar-refractivity contribution in [2.75, 3.05) is 5.32 Å². The van der Waals surface area contributed by atoms with Crippen LogP contribution >= 0.6 is 11.3 Å². The number of aromatic nitrogens is 4. The lowest BCUT2D eigenvalue weighted by Gasteiger charge is -2.04. The van der Waals surface area contributed by atoms with Crippen LogP contribution in [0.5, 0.6) is 0 Å². The maximum Gasteiger partial charge on any atom is 0.277 e. The molecule has 0 radical (unpaired) electrons. The third-order valence-corrected chi connectivity index (χ3v) is 4.67. The molecule has 0 aliphatic carbocycles. The molecular weight excluding hydrogens is 346 g/mol. The minimum atomic E-state index is -0.293. The van der Waals surface area contributed by atoms with E-state index < -0.39 is 0 Å². The number of carbonyl (C=O) groups is 1. The number of hydrogen-bond acceptors (Lipinski definition) is 5. The van der Waals surface area contributed by atoms with Crippen molar-refractivity contribution < 1.29 is 4.79 Å². The van der Waals surface area contributed by atoms with E-state index in [1.807, 2.05) is 60.0 Å². The predicted octanol–water partition coefficient (Wildman–Crippen LogP) is 3.86. The zero-order valence-corrected chi connectivity index (χ0v) is 14.8. The number of rotatable bonds is 4. The normalized spacial score (nSPS) is 10.7. The van der Waals surface area contributed by atoms with Crippen LogP contribution in [-0.2, 0) is 7.05 Å². The number of benzene rings is 2. The van der Waals surface area contributed by atoms with Gasteiger partial charge in [-0.1, -0.05) is 47.7 Å². The first-order valence-electron chi connectivity index (χ1n) is 7.98. The quantitative estimate of drug-likeness (QED) is 0.599. The van der Waals surface area contributed by atoms with Crippen molar-refractivity contribution in [2.45, 2.75) is 0 Å². The molecule has 128 valence electrons. The van der Waals surface area contributed by atoms with Crippen molar-refractivity contribution in [3.05, 3.63) is 71.9 Å². The molecule has 1 N–H and O–H groups in total. The molecule has 0 spiro atoms. The van der Waals surface area contributed by atoms with Gasteiger partial charge in [-0.3, -0.25) is 9.48 Å². The number of aryl methyl sites for hydroxylation is 1. The van der Waals surface area contributed by atoms with Crippen molar-refractivity contribution in [1.29, 1.82) is 0 Å². The second-order valence-corrected chi connectivity index (χ2v) is 6.57. The van der Waals surface area contributed by atoms with Crippen molar-refractivity contribution in [3.63, 3.8) is 0 Å². The van der Waals surface area contributed by atoms with E-state index in [2.05, 4.69) is 15.6 Å². The largest absolute Gasteiger partial charge is 0.321 e. The Morgan fingerprint density at radius 3 is 2.65 bits per heavy atom. The SMILES string of the molecule is Cn1cc(C(=O)Nc2cccc(-c3csc(-c4ccccc4)n3)c2)nn1. The maximum absolute atomic E-state index is 12.2. The molecule has 0 aliphatic heterocycles. The standard InChI is InChI=1S/C19H15N5OS/c1-24-11-16(22-23-24)18(25)20-15-9-5-8-14(10-15)17-12-26-19(21-17)13-6-3-2-4-7-13/h2-12H,1H3,(H,20,25). The van der Waals surface area contributed by atoms with Crippen molar-refractivity contribution >= 4 is 22.9 Å². The van der Waals surface area contributed by atoms with E-state index in [-0.39, 0.29) is 11.6 Å². The summed E-state index contributed by atoms with van der Waals surface area (Å²) in [5.41, 5.74) is 3.88. The molecule has 0 atom stereocenters. The number of nitrogens with zero attached hydrogens (tertiary/aromatic N) is 4. The first-order chi connectivity index (χ1) is 12.7. The number of amides is 1. The second-order valence-electron chi connectivity index (χ2n) is 5.72. The monoisotopic (exact) mass is 361 g/mol. The Labute approximate surface area is 154 Å². The number of nitrogens with one attached hydrogen (secondary N) is 1. The van der Waals surface area contributed by atoms with E-state index >= 15 is 0 Å². The average Bonchev–Trinajstić information content (AvgIpc) is 3.32. The molecule has 0 bridgehead atoms. The molecule has 2 aromatic heterocycles. The van der Waals surface area contributed by atoms with Crippen LogP contribution in [0.4, 0.5) is 5.69 Å². The lowest BCUT2D eigenvalue weighted by molar-refractivity contribution is 0.102. The van der Waals surface area contributed by atoms with Gasteiger partial charge in [-0.2, -0.15) is 0 Å². The molecule has 2 aromatic carbocycles. The lowest BCUT2D eigenvalue weighted by atomic mass is 10.1. The van der Waals surface area contributed by atoms with E-state index in [0.29, 0.717) is 5.69 Å². The van der Waals surface area contributed by atoms with Crippen LogP contribution in [0.3, 0.4) is 0 Å². The summed E-state index contributed by atoms with van der Waals surface area (Å²) in [7, 11) is 1.72. The summed E-state index contributed by atoms with van der Waals surface area (Å²) in [5, 5.41) is 13.4. The van der Waals surface area contributed by atoms with E-state index in [1.54, 1.807) is 24.6 Å². The van der Waals surface area contributed by atoms with Gasteiger partial charge >= 0.3 is 0 Å². The van der Waals surface area contributed by atoms with Gasteiger partial charge in [0.2, 0.25) is 0 Å². The number of thiazole rings is 1. The van der Waals surface area contributed by atoms with Gasteiger partial charge in [0.15, 0.2) is 5.69 Å². The van der Waals surface area contributed by atoms with Crippen LogP contribution in [0, 0.1) is 0 Å². The molecule has 26 heavy (non-hydrogen) atoms. The second kappa shape index (κ2) is 6.89. The van der Waals surface area contributed by atoms with Gasteiger partial charge in [-0.25, -0.2) is 4.98 Å². The Bertz CT molecular complexity index is 1050. The average molecular weight is 361 g/mol. The molecule has 4 rings (SSSR count). The van der Waals surface area contributed by atoms with Gasteiger partial charge in [0.05, 0.1) is 11.9 Å². The fourth-order valence-corrected chi connectivity index (χ4v) is 3.36. The molecule has 0 saturated carbocycles. The summed E-state index contributed by atoms with van der Waals surface area (Å²) in [6, 6.07) is 17.7. The van der Waals surface area contributed by atoms with Crippen LogP contribution in [-0.4, -0.2) is 25.9 Å². The number of hydrogen-bond donors (Lipinski definition) is 1. The third kappa shape index (κ3) is 3.38. The van der Waals surface area contributed by atoms with Crippen molar-refractivity contribution in [1.82, 2.24) is 20.0 Å². The number of carbonyl (C=O) groups excluding carboxylic acids is 1. The molecule has 0 aliphatic rings. The minimum absolute atomic E-state index is 0.276. The Kier molecular flexibility index (Phi) is 4.28. The Morgan fingerprint density at radius 1 is 1.08 bits per heavy atom. The highest BCUT2D eigenvalue weighted by Gasteiger charge is 2.11. The van der Waals surface area contributed by atoms with Gasteiger partial charge in [0.1, 0.15) is 5.01 Å². The summed E-state index contributed by atoms with van der Waals surface area (Å²) in [6.45, 7) is 0. The van der Waals surface area contributed by atoms with Gasteiger partial charge in [-0.15, -0.1) is 16.4 Å². The molecule has 4 aromatic rings. The van der Waals surface area contributed by atoms with Gasteiger partial charge in [0, 0.05) is 29.2 Å². The van der Waals surface area contributed by atoms with E-state index in [4.69, 9.17) is 4.98 Å². The molecule has 1 amide bonds. The van der Waals surface area contributed by atoms with E-state index in [9.17, 15) is 4.79 Å². The van der Waals surface area contributed by atoms with Crippen molar-refractivity contribution in [2.24, 2.45) is 7.05 Å². The summed E-state index contributed by atoms with van der Waals surface area (Å²) in [4.78, 5) is 16.9. The van der Waals surface area contributed by atoms with Gasteiger partial charge in [-0.05, 0) is 12.1 Å². The molecule has 0 fully saturated rings. The highest BCUT2D eigenvalue weighted by molar-refractivity contribution is 7.13. The van der Waals surface area contributed by atoms with Crippen LogP contribution in [0.25, 0.3) is 21.8 Å². The van der Waals surface area contributed by atoms with Crippen LogP contribution < -0.4 is 5.32 Å². The van der Waals surface area contributed by atoms with E-state index in [1.165, 1.54) is 4.68 Å². The summed E-state index contributed by atoms with van der Waals surface area (Å²) in [5.74, 6) is -0.293. The zero-order chi connectivity index (χ0) is 17.9. The van der Waals surface area contributed by atoms with Crippen molar-refractivity contribution in [3.8, 4) is 21.8 Å². The molecule has 2 heterocycles. The topological polar surface area (TPSA) is 72.7 Å². The summed E-state index contributed by atoms with van der Waals surface area (Å²) < 4.78 is 1.49. The smallest absolute Gasteiger partial charge is 0.277 e. The van der Waals surface area contributed by atoms with Gasteiger partial charge in [0.25, 0.3) is 5.91 Å². The van der Waals surface area contributed by atoms with Crippen LogP contribution in [0.1, 0.15) is 10.5 Å². The van der Waals surface area contributed by atoms with Crippen LogP contribution in [0.2, 0.25) is 0 Å². The molecule has 6 nitrogen and oxygen atoms in total. The minimum Gasteiger partial charge on any atom is -0.321 e. The molecular formula is C19H15N5OS. The summed E-state index contributed by atoms with van der Waals surface area (Å²) in [6.07, 6.45) is 1.58. The first kappa shape index (κ1) is 16.2. The molecule has 0 saturated heterocycles. The third-order valence-electron chi connectivity index (χ3n) is 3.78. The number of anilines is 1. The predicted molar refractivity (Wildman–Crippen MR) is 102 cm³/mol. The Morgan fingerprint density at radius 2 is 1.88 bits per heavy atom. The Balaban J connectivity index is 1.56. The van der Waals surface area contributed by atoms with Crippen LogP contribution in [0.15, 0.2) is 66.2 Å². The highest BCUT2D eigenvalue weighted by atomic mass is 32.1. The molecule has 0 unspecified atom stereocenters. The fourth-order valence-electron chi connectivity index (χ4n) is 2.52. The van der Waals surface area contributed by atoms with Gasteiger partial charge < -0.3 is 5.32 Å². The van der Waals surface area contributed by atoms with E-state index in [0.717, 1.165) is 21.8 Å². The zero-order valence-electron chi connectivity index (χ0n) is 14.0. The lowest BCUT2D eigenvalue weighted by Crippen LogP contribution is -2.12. The molecule has 7 heteroatoms.